The van der Waals surface area contributed by atoms with Crippen LogP contribution < -0.4 is 5.32 Å². The van der Waals surface area contributed by atoms with Crippen molar-refractivity contribution in [3.05, 3.63) is 35.9 Å². The van der Waals surface area contributed by atoms with Gasteiger partial charge in [-0.2, -0.15) is 4.98 Å². The highest BCUT2D eigenvalue weighted by molar-refractivity contribution is 5.75. The van der Waals surface area contributed by atoms with E-state index in [0.717, 1.165) is 37.5 Å². The van der Waals surface area contributed by atoms with Gasteiger partial charge >= 0.3 is 0 Å². The number of aromatic nitrogens is 5. The van der Waals surface area contributed by atoms with Crippen molar-refractivity contribution in [3.63, 3.8) is 0 Å². The standard InChI is InChI=1S/C17H20N6O3/c24-15(7-8-16-19-17(22-26-16)12-5-4-10-25-12)18-11-14-21-20-13-6-2-1-3-9-23(13)14/h4-5,10H,1-3,6-9,11H2,(H,18,24). The monoisotopic (exact) mass is 356 g/mol. The average Bonchev–Trinajstić information content (AvgIpc) is 3.37. The van der Waals surface area contributed by atoms with Crippen molar-refractivity contribution in [1.29, 1.82) is 0 Å². The predicted octanol–water partition coefficient (Wildman–Crippen LogP) is 1.90. The Morgan fingerprint density at radius 2 is 2.23 bits per heavy atom. The zero-order valence-corrected chi connectivity index (χ0v) is 14.3. The SMILES string of the molecule is O=C(CCc1nc(-c2ccco2)no1)NCc1nnc2n1CCCCC2. The Morgan fingerprint density at radius 1 is 1.27 bits per heavy atom. The lowest BCUT2D eigenvalue weighted by molar-refractivity contribution is -0.121. The largest absolute Gasteiger partial charge is 0.461 e. The van der Waals surface area contributed by atoms with Gasteiger partial charge in [0.2, 0.25) is 17.6 Å². The van der Waals surface area contributed by atoms with Crippen LogP contribution in [-0.4, -0.2) is 30.8 Å². The van der Waals surface area contributed by atoms with Crippen LogP contribution in [-0.2, 0) is 30.7 Å². The first kappa shape index (κ1) is 16.5. The van der Waals surface area contributed by atoms with E-state index in [2.05, 4.69) is 30.2 Å². The molecule has 9 heteroatoms. The van der Waals surface area contributed by atoms with Crippen LogP contribution in [0.2, 0.25) is 0 Å². The molecule has 0 aromatic carbocycles. The lowest BCUT2D eigenvalue weighted by Crippen LogP contribution is -2.25. The van der Waals surface area contributed by atoms with Crippen LogP contribution in [0.1, 0.15) is 43.2 Å². The summed E-state index contributed by atoms with van der Waals surface area (Å²) >= 11 is 0. The minimum Gasteiger partial charge on any atom is -0.461 e. The number of furan rings is 1. The molecule has 0 bridgehead atoms. The van der Waals surface area contributed by atoms with Gasteiger partial charge in [-0.25, -0.2) is 0 Å². The highest BCUT2D eigenvalue weighted by atomic mass is 16.5. The number of nitrogens with zero attached hydrogens (tertiary/aromatic N) is 5. The molecular formula is C17H20N6O3. The molecule has 136 valence electrons. The molecule has 0 saturated heterocycles. The van der Waals surface area contributed by atoms with E-state index in [0.29, 0.717) is 30.4 Å². The number of carbonyl (C=O) groups is 1. The van der Waals surface area contributed by atoms with Crippen LogP contribution in [0, 0.1) is 0 Å². The first-order valence-corrected chi connectivity index (χ1v) is 8.84. The van der Waals surface area contributed by atoms with E-state index in [1.807, 2.05) is 0 Å². The van der Waals surface area contributed by atoms with E-state index >= 15 is 0 Å². The topological polar surface area (TPSA) is 112 Å². The van der Waals surface area contributed by atoms with E-state index in [9.17, 15) is 4.79 Å². The normalized spacial score (nSPS) is 14.0. The fourth-order valence-corrected chi connectivity index (χ4v) is 3.02. The van der Waals surface area contributed by atoms with Gasteiger partial charge in [0.05, 0.1) is 12.8 Å². The maximum Gasteiger partial charge on any atom is 0.238 e. The molecule has 0 spiro atoms. The van der Waals surface area contributed by atoms with Crippen LogP contribution in [0.5, 0.6) is 0 Å². The molecule has 0 radical (unpaired) electrons. The fourth-order valence-electron chi connectivity index (χ4n) is 3.02. The van der Waals surface area contributed by atoms with Gasteiger partial charge in [-0.15, -0.1) is 10.2 Å². The van der Waals surface area contributed by atoms with Gasteiger partial charge in [-0.3, -0.25) is 4.79 Å². The highest BCUT2D eigenvalue weighted by Gasteiger charge is 2.16. The van der Waals surface area contributed by atoms with Gasteiger partial charge < -0.3 is 18.8 Å². The van der Waals surface area contributed by atoms with Crippen LogP contribution in [0.3, 0.4) is 0 Å². The summed E-state index contributed by atoms with van der Waals surface area (Å²) in [6.07, 6.45) is 6.62. The molecule has 9 nitrogen and oxygen atoms in total. The van der Waals surface area contributed by atoms with Crippen LogP contribution in [0.15, 0.2) is 27.3 Å². The summed E-state index contributed by atoms with van der Waals surface area (Å²) in [5, 5.41) is 15.2. The lowest BCUT2D eigenvalue weighted by atomic mass is 10.2. The van der Waals surface area contributed by atoms with Gasteiger partial charge in [0.15, 0.2) is 11.6 Å². The number of amides is 1. The molecule has 0 aliphatic carbocycles. The molecule has 0 atom stereocenters. The Morgan fingerprint density at radius 3 is 3.12 bits per heavy atom. The maximum absolute atomic E-state index is 12.1. The van der Waals surface area contributed by atoms with Crippen molar-refractivity contribution < 1.29 is 13.7 Å². The Bertz CT molecular complexity index is 867. The first-order chi connectivity index (χ1) is 12.8. The van der Waals surface area contributed by atoms with E-state index in [1.165, 1.54) is 6.42 Å². The Labute approximate surface area is 149 Å². The quantitative estimate of drug-likeness (QED) is 0.718. The Hall–Kier alpha value is -2.97. The summed E-state index contributed by atoms with van der Waals surface area (Å²) in [5.74, 6) is 3.07. The number of carbonyl (C=O) groups excluding carboxylic acids is 1. The number of hydrogen-bond acceptors (Lipinski definition) is 7. The highest BCUT2D eigenvalue weighted by Crippen LogP contribution is 2.16. The van der Waals surface area contributed by atoms with E-state index in [1.54, 1.807) is 18.4 Å². The zero-order valence-electron chi connectivity index (χ0n) is 14.3. The molecule has 0 saturated carbocycles. The van der Waals surface area contributed by atoms with E-state index < -0.39 is 0 Å². The molecule has 1 amide bonds. The van der Waals surface area contributed by atoms with Crippen LogP contribution in [0.4, 0.5) is 0 Å². The number of fused-ring (bicyclic) bond motifs is 1. The minimum absolute atomic E-state index is 0.0891. The molecule has 3 aromatic heterocycles. The second kappa shape index (κ2) is 7.51. The lowest BCUT2D eigenvalue weighted by Gasteiger charge is -2.07. The van der Waals surface area contributed by atoms with Gasteiger partial charge in [-0.1, -0.05) is 11.6 Å². The molecule has 0 unspecified atom stereocenters. The third kappa shape index (κ3) is 3.66. The third-order valence-corrected chi connectivity index (χ3v) is 4.41. The molecule has 1 aliphatic heterocycles. The average molecular weight is 356 g/mol. The summed E-state index contributed by atoms with van der Waals surface area (Å²) in [4.78, 5) is 16.3. The second-order valence-electron chi connectivity index (χ2n) is 6.26. The first-order valence-electron chi connectivity index (χ1n) is 8.84. The second-order valence-corrected chi connectivity index (χ2v) is 6.26. The third-order valence-electron chi connectivity index (χ3n) is 4.41. The Balaban J connectivity index is 1.28. The van der Waals surface area contributed by atoms with Gasteiger partial charge in [0.25, 0.3) is 0 Å². The van der Waals surface area contributed by atoms with Crippen molar-refractivity contribution in [2.24, 2.45) is 0 Å². The summed E-state index contributed by atoms with van der Waals surface area (Å²) in [5.41, 5.74) is 0. The molecule has 3 aromatic rings. The molecule has 1 aliphatic rings. The minimum atomic E-state index is -0.0891. The summed E-state index contributed by atoms with van der Waals surface area (Å²) in [6, 6.07) is 3.51. The van der Waals surface area contributed by atoms with Gasteiger partial charge in [0, 0.05) is 25.8 Å². The van der Waals surface area contributed by atoms with Crippen molar-refractivity contribution in [2.45, 2.75) is 51.6 Å². The number of hydrogen-bond donors (Lipinski definition) is 1. The molecule has 1 N–H and O–H groups in total. The Kier molecular flexibility index (Phi) is 4.76. The summed E-state index contributed by atoms with van der Waals surface area (Å²) in [7, 11) is 0. The molecule has 0 fully saturated rings. The molecule has 4 heterocycles. The van der Waals surface area contributed by atoms with Gasteiger partial charge in [0.1, 0.15) is 5.82 Å². The van der Waals surface area contributed by atoms with Gasteiger partial charge in [-0.05, 0) is 25.0 Å². The molecule has 4 rings (SSSR count). The van der Waals surface area contributed by atoms with Crippen LogP contribution in [0.25, 0.3) is 11.6 Å². The number of rotatable bonds is 6. The number of aryl methyl sites for hydroxylation is 2. The predicted molar refractivity (Wildman–Crippen MR) is 89.7 cm³/mol. The maximum atomic E-state index is 12.1. The smallest absolute Gasteiger partial charge is 0.238 e. The summed E-state index contributed by atoms with van der Waals surface area (Å²) < 4.78 is 12.5. The van der Waals surface area contributed by atoms with Crippen LogP contribution >= 0.6 is 0 Å². The summed E-state index contributed by atoms with van der Waals surface area (Å²) in [6.45, 7) is 1.30. The molecular weight excluding hydrogens is 336 g/mol. The fraction of sp³-hybridized carbons (Fsp3) is 0.471. The van der Waals surface area contributed by atoms with Crippen molar-refractivity contribution in [1.82, 2.24) is 30.2 Å². The van der Waals surface area contributed by atoms with Crippen molar-refractivity contribution in [3.8, 4) is 11.6 Å². The van der Waals surface area contributed by atoms with E-state index in [4.69, 9.17) is 8.94 Å². The zero-order chi connectivity index (χ0) is 17.8. The van der Waals surface area contributed by atoms with E-state index in [-0.39, 0.29) is 12.3 Å². The molecule has 26 heavy (non-hydrogen) atoms. The number of nitrogens with one attached hydrogen (secondary N) is 1. The van der Waals surface area contributed by atoms with Crippen molar-refractivity contribution in [2.75, 3.05) is 0 Å². The van der Waals surface area contributed by atoms with Crippen molar-refractivity contribution >= 4 is 5.91 Å².